The minimum Gasteiger partial charge on any atom is -0.332 e. The number of fused-ring (bicyclic) bond motifs is 1. The maximum Gasteiger partial charge on any atom is 0.247 e. The van der Waals surface area contributed by atoms with E-state index in [1.807, 2.05) is 29.2 Å². The Morgan fingerprint density at radius 1 is 1.11 bits per heavy atom. The molecule has 0 radical (unpaired) electrons. The van der Waals surface area contributed by atoms with E-state index >= 15 is 0 Å². The van der Waals surface area contributed by atoms with Crippen molar-refractivity contribution >= 4 is 11.8 Å². The van der Waals surface area contributed by atoms with Crippen LogP contribution in [0.3, 0.4) is 0 Å². The molecule has 0 aliphatic carbocycles. The summed E-state index contributed by atoms with van der Waals surface area (Å²) in [5, 5.41) is 4.46. The van der Waals surface area contributed by atoms with E-state index in [4.69, 9.17) is 0 Å². The highest BCUT2D eigenvalue weighted by molar-refractivity contribution is 5.96. The summed E-state index contributed by atoms with van der Waals surface area (Å²) in [6.45, 7) is 6.51. The predicted octanol–water partition coefficient (Wildman–Crippen LogP) is 1.05. The van der Waals surface area contributed by atoms with Gasteiger partial charge < -0.3 is 9.80 Å². The van der Waals surface area contributed by atoms with Crippen molar-refractivity contribution in [3.8, 4) is 5.69 Å². The van der Waals surface area contributed by atoms with Crippen LogP contribution in [0.1, 0.15) is 18.1 Å². The van der Waals surface area contributed by atoms with Crippen LogP contribution in [-0.4, -0.2) is 75.1 Å². The number of piperazine rings is 2. The number of hydrogen-bond donors (Lipinski definition) is 0. The molecule has 0 spiro atoms. The number of carbonyl (C=O) groups excluding carboxylic acids is 2. The Labute approximate surface area is 159 Å². The molecule has 2 fully saturated rings. The zero-order valence-corrected chi connectivity index (χ0v) is 16.0. The fraction of sp³-hybridized carbons (Fsp3) is 0.450. The predicted molar refractivity (Wildman–Crippen MR) is 101 cm³/mol. The highest BCUT2D eigenvalue weighted by Gasteiger charge is 2.44. The van der Waals surface area contributed by atoms with Gasteiger partial charge in [0.2, 0.25) is 11.8 Å². The maximum absolute atomic E-state index is 12.6. The molecule has 2 saturated heterocycles. The Morgan fingerprint density at radius 2 is 1.85 bits per heavy atom. The van der Waals surface area contributed by atoms with Crippen molar-refractivity contribution in [1.29, 1.82) is 0 Å². The van der Waals surface area contributed by atoms with Gasteiger partial charge in [0, 0.05) is 45.0 Å². The van der Waals surface area contributed by atoms with Crippen LogP contribution in [-0.2, 0) is 16.1 Å². The first-order valence-electron chi connectivity index (χ1n) is 9.34. The third-order valence-corrected chi connectivity index (χ3v) is 5.66. The summed E-state index contributed by atoms with van der Waals surface area (Å²) in [5.74, 6) is 0.0797. The van der Waals surface area contributed by atoms with Gasteiger partial charge in [-0.2, -0.15) is 5.10 Å². The van der Waals surface area contributed by atoms with Crippen molar-refractivity contribution in [2.24, 2.45) is 0 Å². The van der Waals surface area contributed by atoms with Gasteiger partial charge >= 0.3 is 0 Å². The molecule has 2 aliphatic heterocycles. The van der Waals surface area contributed by atoms with Gasteiger partial charge in [-0.3, -0.25) is 14.5 Å². The lowest BCUT2D eigenvalue weighted by atomic mass is 10.0. The second-order valence-corrected chi connectivity index (χ2v) is 7.54. The van der Waals surface area contributed by atoms with E-state index in [1.54, 1.807) is 23.8 Å². The van der Waals surface area contributed by atoms with Crippen molar-refractivity contribution in [3.63, 3.8) is 0 Å². The van der Waals surface area contributed by atoms with Crippen molar-refractivity contribution in [3.05, 3.63) is 47.8 Å². The number of rotatable bonds is 3. The number of hydrogen-bond acceptors (Lipinski definition) is 4. The molecule has 142 valence electrons. The van der Waals surface area contributed by atoms with Crippen LogP contribution in [0.15, 0.2) is 36.7 Å². The van der Waals surface area contributed by atoms with E-state index in [1.165, 1.54) is 5.56 Å². The summed E-state index contributed by atoms with van der Waals surface area (Å²) in [4.78, 5) is 30.6. The second kappa shape index (κ2) is 6.81. The highest BCUT2D eigenvalue weighted by atomic mass is 16.2. The van der Waals surface area contributed by atoms with Gasteiger partial charge in [-0.25, -0.2) is 4.68 Å². The second-order valence-electron chi connectivity index (χ2n) is 7.54. The normalized spacial score (nSPS) is 23.7. The molecule has 4 rings (SSSR count). The van der Waals surface area contributed by atoms with Crippen LogP contribution in [0.2, 0.25) is 0 Å². The number of aromatic nitrogens is 2. The first-order chi connectivity index (χ1) is 12.9. The standard InChI is InChI=1S/C20H25N5O2/c1-14-4-6-17(7-5-14)25-12-16(10-21-25)11-23-8-9-24-18(13-23)20(27)22(3)15(2)19(24)26/h4-7,10,12,15,18H,8-9,11,13H2,1-3H3/t15-,18+/m0/s1. The quantitative estimate of drug-likeness (QED) is 0.814. The number of nitrogens with zero attached hydrogens (tertiary/aromatic N) is 5. The summed E-state index contributed by atoms with van der Waals surface area (Å²) in [5.41, 5.74) is 3.34. The molecule has 2 atom stereocenters. The molecule has 7 nitrogen and oxygen atoms in total. The fourth-order valence-corrected chi connectivity index (χ4v) is 3.83. The van der Waals surface area contributed by atoms with Crippen LogP contribution in [0.5, 0.6) is 0 Å². The molecule has 2 aromatic rings. The summed E-state index contributed by atoms with van der Waals surface area (Å²) < 4.78 is 1.87. The molecule has 0 unspecified atom stereocenters. The Balaban J connectivity index is 1.45. The summed E-state index contributed by atoms with van der Waals surface area (Å²) >= 11 is 0. The number of aryl methyl sites for hydroxylation is 1. The first kappa shape index (κ1) is 17.7. The lowest BCUT2D eigenvalue weighted by Gasteiger charge is -2.47. The van der Waals surface area contributed by atoms with E-state index in [0.29, 0.717) is 13.1 Å². The summed E-state index contributed by atoms with van der Waals surface area (Å²) in [7, 11) is 1.72. The lowest BCUT2D eigenvalue weighted by molar-refractivity contribution is -0.163. The third-order valence-electron chi connectivity index (χ3n) is 5.66. The average Bonchev–Trinajstić information content (AvgIpc) is 3.13. The molecular weight excluding hydrogens is 342 g/mol. The van der Waals surface area contributed by atoms with Crippen molar-refractivity contribution in [1.82, 2.24) is 24.5 Å². The van der Waals surface area contributed by atoms with Crippen LogP contribution < -0.4 is 0 Å². The fourth-order valence-electron chi connectivity index (χ4n) is 3.83. The maximum atomic E-state index is 12.6. The number of benzene rings is 1. The molecule has 2 aliphatic rings. The molecule has 1 aromatic heterocycles. The molecule has 0 saturated carbocycles. The van der Waals surface area contributed by atoms with Gasteiger partial charge in [0.15, 0.2) is 0 Å². The zero-order valence-electron chi connectivity index (χ0n) is 16.0. The van der Waals surface area contributed by atoms with Crippen LogP contribution in [0, 0.1) is 6.92 Å². The van der Waals surface area contributed by atoms with E-state index in [2.05, 4.69) is 29.1 Å². The molecule has 0 bridgehead atoms. The van der Waals surface area contributed by atoms with Crippen LogP contribution >= 0.6 is 0 Å². The Kier molecular flexibility index (Phi) is 4.47. The van der Waals surface area contributed by atoms with Crippen molar-refractivity contribution in [2.45, 2.75) is 32.5 Å². The van der Waals surface area contributed by atoms with Gasteiger partial charge in [-0.05, 0) is 26.0 Å². The number of carbonyl (C=O) groups is 2. The summed E-state index contributed by atoms with van der Waals surface area (Å²) in [6, 6.07) is 7.49. The average molecular weight is 367 g/mol. The van der Waals surface area contributed by atoms with Gasteiger partial charge in [0.05, 0.1) is 11.9 Å². The minimum atomic E-state index is -0.375. The molecule has 3 heterocycles. The summed E-state index contributed by atoms with van der Waals surface area (Å²) in [6.07, 6.45) is 3.90. The molecule has 0 N–H and O–H groups in total. The van der Waals surface area contributed by atoms with Gasteiger partial charge in [-0.1, -0.05) is 17.7 Å². The van der Waals surface area contributed by atoms with E-state index in [9.17, 15) is 9.59 Å². The SMILES string of the molecule is Cc1ccc(-n2cc(CN3CCN4C(=O)[C@H](C)N(C)C(=O)[C@H]4C3)cn2)cc1. The zero-order chi connectivity index (χ0) is 19.1. The third kappa shape index (κ3) is 3.23. The topological polar surface area (TPSA) is 61.7 Å². The van der Waals surface area contributed by atoms with Crippen molar-refractivity contribution < 1.29 is 9.59 Å². The molecule has 1 aromatic carbocycles. The largest absolute Gasteiger partial charge is 0.332 e. The minimum absolute atomic E-state index is 0.0298. The molecule has 2 amide bonds. The van der Waals surface area contributed by atoms with Gasteiger partial charge in [0.25, 0.3) is 0 Å². The Bertz CT molecular complexity index is 860. The van der Waals surface area contributed by atoms with Crippen LogP contribution in [0.4, 0.5) is 0 Å². The molecule has 27 heavy (non-hydrogen) atoms. The molecular formula is C20H25N5O2. The van der Waals surface area contributed by atoms with E-state index < -0.39 is 0 Å². The smallest absolute Gasteiger partial charge is 0.247 e. The van der Waals surface area contributed by atoms with E-state index in [-0.39, 0.29) is 23.9 Å². The Morgan fingerprint density at radius 3 is 2.59 bits per heavy atom. The monoisotopic (exact) mass is 367 g/mol. The van der Waals surface area contributed by atoms with Gasteiger partial charge in [-0.15, -0.1) is 0 Å². The van der Waals surface area contributed by atoms with E-state index in [0.717, 1.165) is 24.3 Å². The number of amides is 2. The lowest BCUT2D eigenvalue weighted by Crippen LogP contribution is -2.68. The first-order valence-corrected chi connectivity index (χ1v) is 9.34. The highest BCUT2D eigenvalue weighted by Crippen LogP contribution is 2.22. The molecule has 7 heteroatoms. The van der Waals surface area contributed by atoms with Crippen LogP contribution in [0.25, 0.3) is 5.69 Å². The number of likely N-dealkylation sites (N-methyl/N-ethyl adjacent to an activating group) is 1. The Hall–Kier alpha value is -2.67. The van der Waals surface area contributed by atoms with Crippen molar-refractivity contribution in [2.75, 3.05) is 26.7 Å². The van der Waals surface area contributed by atoms with Gasteiger partial charge in [0.1, 0.15) is 12.1 Å².